The molecule has 1 aliphatic rings. The van der Waals surface area contributed by atoms with Gasteiger partial charge < -0.3 is 15.3 Å². The molecule has 4 heteroatoms. The van der Waals surface area contributed by atoms with E-state index in [0.29, 0.717) is 5.92 Å². The topological polar surface area (TPSA) is 62.6 Å². The molecule has 0 spiro atoms. The minimum atomic E-state index is 0.0448. The van der Waals surface area contributed by atoms with Gasteiger partial charge in [-0.25, -0.2) is 0 Å². The van der Waals surface area contributed by atoms with Crippen LogP contribution < -0.4 is 5.73 Å². The summed E-state index contributed by atoms with van der Waals surface area (Å²) in [7, 11) is 0. The molecule has 0 amide bonds. The molecule has 1 fully saturated rings. The second-order valence-corrected chi connectivity index (χ2v) is 5.41. The number of likely N-dealkylation sites (tertiary alicyclic amines) is 1. The van der Waals surface area contributed by atoms with E-state index in [2.05, 4.69) is 4.90 Å². The molecule has 0 radical (unpaired) electrons. The van der Waals surface area contributed by atoms with Gasteiger partial charge in [-0.3, -0.25) is 4.90 Å². The van der Waals surface area contributed by atoms with E-state index in [1.54, 1.807) is 0 Å². The molecule has 1 aromatic rings. The van der Waals surface area contributed by atoms with Crippen LogP contribution in [0.2, 0.25) is 0 Å². The van der Waals surface area contributed by atoms with E-state index in [9.17, 15) is 0 Å². The summed E-state index contributed by atoms with van der Waals surface area (Å²) in [6.07, 6.45) is 2.03. The van der Waals surface area contributed by atoms with Crippen molar-refractivity contribution in [3.05, 3.63) is 23.7 Å². The van der Waals surface area contributed by atoms with Gasteiger partial charge in [0.1, 0.15) is 11.5 Å². The first kappa shape index (κ1) is 13.6. The summed E-state index contributed by atoms with van der Waals surface area (Å²) in [5.74, 6) is 2.49. The van der Waals surface area contributed by atoms with E-state index in [4.69, 9.17) is 15.3 Å². The third-order valence-corrected chi connectivity index (χ3v) is 3.80. The average molecular weight is 252 g/mol. The lowest BCUT2D eigenvalue weighted by molar-refractivity contribution is 0.177. The number of rotatable bonds is 5. The minimum Gasteiger partial charge on any atom is -0.465 e. The molecule has 0 bridgehead atoms. The Hall–Kier alpha value is -0.840. The molecule has 102 valence electrons. The van der Waals surface area contributed by atoms with Crippen LogP contribution in [0, 0.1) is 12.8 Å². The fourth-order valence-electron chi connectivity index (χ4n) is 2.92. The van der Waals surface area contributed by atoms with E-state index in [1.165, 1.54) is 0 Å². The molecule has 18 heavy (non-hydrogen) atoms. The summed E-state index contributed by atoms with van der Waals surface area (Å²) >= 11 is 0. The Bertz CT molecular complexity index is 376. The van der Waals surface area contributed by atoms with E-state index >= 15 is 0 Å². The van der Waals surface area contributed by atoms with E-state index in [1.807, 2.05) is 26.0 Å². The lowest BCUT2D eigenvalue weighted by atomic mass is 10.0. The molecule has 1 aliphatic heterocycles. The van der Waals surface area contributed by atoms with Gasteiger partial charge in [-0.1, -0.05) is 0 Å². The number of nitrogens with two attached hydrogens (primary N) is 1. The second-order valence-electron chi connectivity index (χ2n) is 5.41. The van der Waals surface area contributed by atoms with Crippen LogP contribution in [0.4, 0.5) is 0 Å². The number of furan rings is 1. The van der Waals surface area contributed by atoms with Crippen molar-refractivity contribution in [3.8, 4) is 0 Å². The van der Waals surface area contributed by atoms with E-state index in [0.717, 1.165) is 37.5 Å². The van der Waals surface area contributed by atoms with Crippen molar-refractivity contribution in [2.45, 2.75) is 38.8 Å². The van der Waals surface area contributed by atoms with Crippen molar-refractivity contribution in [2.24, 2.45) is 11.7 Å². The monoisotopic (exact) mass is 252 g/mol. The minimum absolute atomic E-state index is 0.0448. The molecule has 0 aromatic carbocycles. The Morgan fingerprint density at radius 1 is 1.56 bits per heavy atom. The van der Waals surface area contributed by atoms with Crippen molar-refractivity contribution in [1.82, 2.24) is 4.90 Å². The van der Waals surface area contributed by atoms with Gasteiger partial charge in [0, 0.05) is 19.2 Å². The predicted molar refractivity (Wildman–Crippen MR) is 71.2 cm³/mol. The van der Waals surface area contributed by atoms with Crippen molar-refractivity contribution in [2.75, 3.05) is 19.7 Å². The predicted octanol–water partition coefficient (Wildman–Crippen LogP) is 1.68. The second kappa shape index (κ2) is 5.87. The van der Waals surface area contributed by atoms with E-state index < -0.39 is 0 Å². The molecule has 3 atom stereocenters. The van der Waals surface area contributed by atoms with Gasteiger partial charge >= 0.3 is 0 Å². The van der Waals surface area contributed by atoms with Crippen LogP contribution in [0.3, 0.4) is 0 Å². The normalized spacial score (nSPS) is 24.3. The molecule has 2 rings (SSSR count). The van der Waals surface area contributed by atoms with Gasteiger partial charge in [-0.2, -0.15) is 0 Å². The molecule has 0 saturated carbocycles. The Kier molecular flexibility index (Phi) is 4.43. The largest absolute Gasteiger partial charge is 0.465 e. The maximum absolute atomic E-state index is 9.02. The summed E-state index contributed by atoms with van der Waals surface area (Å²) < 4.78 is 5.74. The number of aryl methyl sites for hydroxylation is 1. The molecular weight excluding hydrogens is 228 g/mol. The number of hydrogen-bond donors (Lipinski definition) is 2. The molecule has 3 unspecified atom stereocenters. The van der Waals surface area contributed by atoms with Gasteiger partial charge in [0.2, 0.25) is 0 Å². The van der Waals surface area contributed by atoms with E-state index in [-0.39, 0.29) is 18.7 Å². The highest BCUT2D eigenvalue weighted by atomic mass is 16.3. The maximum Gasteiger partial charge on any atom is 0.122 e. The number of aliphatic hydroxyl groups excluding tert-OH is 1. The van der Waals surface area contributed by atoms with Crippen LogP contribution in [0.1, 0.15) is 37.3 Å². The summed E-state index contributed by atoms with van der Waals surface area (Å²) in [4.78, 5) is 2.39. The van der Waals surface area contributed by atoms with Gasteiger partial charge in [-0.15, -0.1) is 0 Å². The standard InChI is InChI=1S/C14H24N2O2/c1-10-3-4-13(18-10)14(11(2)15)16-7-5-12(9-16)6-8-17/h3-4,11-12,14,17H,5-9,15H2,1-2H3. The molecule has 1 saturated heterocycles. The van der Waals surface area contributed by atoms with Gasteiger partial charge in [0.15, 0.2) is 0 Å². The highest BCUT2D eigenvalue weighted by Gasteiger charge is 2.32. The Morgan fingerprint density at radius 2 is 2.33 bits per heavy atom. The Labute approximate surface area is 109 Å². The Balaban J connectivity index is 2.07. The average Bonchev–Trinajstić information content (AvgIpc) is 2.90. The first-order valence-electron chi connectivity index (χ1n) is 6.78. The Morgan fingerprint density at radius 3 is 2.89 bits per heavy atom. The van der Waals surface area contributed by atoms with Crippen molar-refractivity contribution in [3.63, 3.8) is 0 Å². The first-order valence-corrected chi connectivity index (χ1v) is 6.78. The van der Waals surface area contributed by atoms with Crippen molar-refractivity contribution >= 4 is 0 Å². The van der Waals surface area contributed by atoms with Crippen LogP contribution in [-0.2, 0) is 0 Å². The smallest absolute Gasteiger partial charge is 0.122 e. The fourth-order valence-corrected chi connectivity index (χ4v) is 2.92. The summed E-state index contributed by atoms with van der Waals surface area (Å²) in [6.45, 7) is 6.31. The van der Waals surface area contributed by atoms with Gasteiger partial charge in [0.25, 0.3) is 0 Å². The highest BCUT2D eigenvalue weighted by Crippen LogP contribution is 2.31. The maximum atomic E-state index is 9.02. The number of hydrogen-bond acceptors (Lipinski definition) is 4. The van der Waals surface area contributed by atoms with Gasteiger partial charge in [-0.05, 0) is 51.3 Å². The lowest BCUT2D eigenvalue weighted by Gasteiger charge is -2.29. The molecule has 0 aliphatic carbocycles. The highest BCUT2D eigenvalue weighted by molar-refractivity contribution is 5.12. The van der Waals surface area contributed by atoms with Crippen molar-refractivity contribution in [1.29, 1.82) is 0 Å². The van der Waals surface area contributed by atoms with Crippen LogP contribution in [0.25, 0.3) is 0 Å². The lowest BCUT2D eigenvalue weighted by Crippen LogP contribution is -2.38. The summed E-state index contributed by atoms with van der Waals surface area (Å²) in [5, 5.41) is 9.02. The molecular formula is C14H24N2O2. The summed E-state index contributed by atoms with van der Waals surface area (Å²) in [5.41, 5.74) is 6.13. The zero-order valence-corrected chi connectivity index (χ0v) is 11.3. The SMILES string of the molecule is Cc1ccc(C(C(C)N)N2CCC(CCO)C2)o1. The molecule has 3 N–H and O–H groups in total. The summed E-state index contributed by atoms with van der Waals surface area (Å²) in [6, 6.07) is 4.22. The first-order chi connectivity index (χ1) is 8.61. The fraction of sp³-hybridized carbons (Fsp3) is 0.714. The van der Waals surface area contributed by atoms with Crippen LogP contribution >= 0.6 is 0 Å². The van der Waals surface area contributed by atoms with Gasteiger partial charge in [0.05, 0.1) is 6.04 Å². The molecule has 2 heterocycles. The van der Waals surface area contributed by atoms with Crippen LogP contribution in [0.5, 0.6) is 0 Å². The third-order valence-electron chi connectivity index (χ3n) is 3.80. The zero-order chi connectivity index (χ0) is 13.1. The molecule has 1 aromatic heterocycles. The number of nitrogens with zero attached hydrogens (tertiary/aromatic N) is 1. The third kappa shape index (κ3) is 2.94. The van der Waals surface area contributed by atoms with Crippen molar-refractivity contribution < 1.29 is 9.52 Å². The van der Waals surface area contributed by atoms with Crippen LogP contribution in [-0.4, -0.2) is 35.7 Å². The quantitative estimate of drug-likeness (QED) is 0.837. The molecule has 4 nitrogen and oxygen atoms in total. The number of aliphatic hydroxyl groups is 1. The van der Waals surface area contributed by atoms with Crippen LogP contribution in [0.15, 0.2) is 16.5 Å². The zero-order valence-electron chi connectivity index (χ0n) is 11.3.